The molecule has 1 aromatic carbocycles. The molecule has 2 heterocycles. The maximum absolute atomic E-state index is 12.3. The molecule has 1 fully saturated rings. The summed E-state index contributed by atoms with van der Waals surface area (Å²) >= 11 is 0. The first-order chi connectivity index (χ1) is 10.3. The number of carbonyl (C=O) groups excluding carboxylic acids is 1. The van der Waals surface area contributed by atoms with Gasteiger partial charge in [0.1, 0.15) is 0 Å². The highest BCUT2D eigenvalue weighted by molar-refractivity contribution is 5.78. The molecule has 1 saturated heterocycles. The van der Waals surface area contributed by atoms with Gasteiger partial charge in [0.05, 0.1) is 18.3 Å². The highest BCUT2D eigenvalue weighted by Gasteiger charge is 2.16. The number of amides is 1. The summed E-state index contributed by atoms with van der Waals surface area (Å²) in [6, 6.07) is 9.93. The predicted octanol–water partition coefficient (Wildman–Crippen LogP) is 1.24. The molecule has 1 amide bonds. The average Bonchev–Trinajstić information content (AvgIpc) is 2.81. The Labute approximate surface area is 124 Å². The molecular weight excluding hydrogens is 264 g/mol. The zero-order chi connectivity index (χ0) is 14.5. The fraction of sp³-hybridized carbons (Fsp3) is 0.375. The Morgan fingerprint density at radius 2 is 2.05 bits per heavy atom. The van der Waals surface area contributed by atoms with Crippen molar-refractivity contribution < 1.29 is 4.79 Å². The Morgan fingerprint density at radius 3 is 2.90 bits per heavy atom. The molecule has 5 nitrogen and oxygen atoms in total. The van der Waals surface area contributed by atoms with Gasteiger partial charge in [-0.3, -0.25) is 4.79 Å². The lowest BCUT2D eigenvalue weighted by atomic mass is 10.2. The number of para-hydroxylation sites is 1. The van der Waals surface area contributed by atoms with Gasteiger partial charge in [-0.2, -0.15) is 5.10 Å². The first kappa shape index (κ1) is 13.8. The number of hydrogen-bond acceptors (Lipinski definition) is 3. The molecule has 0 atom stereocenters. The van der Waals surface area contributed by atoms with Crippen LogP contribution in [0.1, 0.15) is 12.0 Å². The Bertz CT molecular complexity index is 585. The number of aromatic nitrogens is 2. The first-order valence-electron chi connectivity index (χ1n) is 7.40. The van der Waals surface area contributed by atoms with E-state index in [0.29, 0.717) is 6.42 Å². The van der Waals surface area contributed by atoms with Crippen LogP contribution in [0.5, 0.6) is 0 Å². The van der Waals surface area contributed by atoms with Gasteiger partial charge in [0.15, 0.2) is 0 Å². The molecule has 1 aliphatic rings. The average molecular weight is 284 g/mol. The topological polar surface area (TPSA) is 50.2 Å². The molecule has 3 rings (SSSR count). The van der Waals surface area contributed by atoms with Crippen LogP contribution in [0.15, 0.2) is 42.7 Å². The summed E-state index contributed by atoms with van der Waals surface area (Å²) in [7, 11) is 0. The van der Waals surface area contributed by atoms with Gasteiger partial charge in [-0.1, -0.05) is 18.2 Å². The van der Waals surface area contributed by atoms with Crippen molar-refractivity contribution in [3.05, 3.63) is 48.3 Å². The van der Waals surface area contributed by atoms with Crippen LogP contribution in [0.3, 0.4) is 0 Å². The summed E-state index contributed by atoms with van der Waals surface area (Å²) < 4.78 is 1.81. The van der Waals surface area contributed by atoms with Crippen molar-refractivity contribution in [1.29, 1.82) is 0 Å². The van der Waals surface area contributed by atoms with Gasteiger partial charge in [0, 0.05) is 25.8 Å². The number of carbonyl (C=O) groups is 1. The lowest BCUT2D eigenvalue weighted by molar-refractivity contribution is -0.130. The Morgan fingerprint density at radius 1 is 1.19 bits per heavy atom. The SMILES string of the molecule is O=C(Cc1cnn(-c2ccccc2)c1)N1CCCNCC1. The molecule has 21 heavy (non-hydrogen) atoms. The summed E-state index contributed by atoms with van der Waals surface area (Å²) in [5.74, 6) is 0.186. The third-order valence-corrected chi connectivity index (χ3v) is 3.70. The van der Waals surface area contributed by atoms with Gasteiger partial charge < -0.3 is 10.2 Å². The largest absolute Gasteiger partial charge is 0.341 e. The predicted molar refractivity (Wildman–Crippen MR) is 81.3 cm³/mol. The second kappa shape index (κ2) is 6.54. The number of nitrogens with zero attached hydrogens (tertiary/aromatic N) is 3. The molecule has 0 saturated carbocycles. The first-order valence-corrected chi connectivity index (χ1v) is 7.40. The van der Waals surface area contributed by atoms with E-state index in [-0.39, 0.29) is 5.91 Å². The highest BCUT2D eigenvalue weighted by Crippen LogP contribution is 2.09. The molecule has 110 valence electrons. The number of nitrogens with one attached hydrogen (secondary N) is 1. The normalized spacial score (nSPS) is 15.7. The summed E-state index contributed by atoms with van der Waals surface area (Å²) in [6.45, 7) is 3.52. The van der Waals surface area contributed by atoms with Crippen LogP contribution in [0.25, 0.3) is 5.69 Å². The Kier molecular flexibility index (Phi) is 4.31. The third kappa shape index (κ3) is 3.49. The molecule has 0 unspecified atom stereocenters. The molecule has 0 aliphatic carbocycles. The van der Waals surface area contributed by atoms with Crippen molar-refractivity contribution >= 4 is 5.91 Å². The molecule has 2 aromatic rings. The monoisotopic (exact) mass is 284 g/mol. The second-order valence-electron chi connectivity index (χ2n) is 5.29. The van der Waals surface area contributed by atoms with E-state index in [1.54, 1.807) is 6.20 Å². The van der Waals surface area contributed by atoms with Crippen LogP contribution in [-0.2, 0) is 11.2 Å². The van der Waals surface area contributed by atoms with Crippen molar-refractivity contribution in [2.75, 3.05) is 26.2 Å². The molecule has 1 N–H and O–H groups in total. The number of rotatable bonds is 3. The fourth-order valence-corrected chi connectivity index (χ4v) is 2.55. The van der Waals surface area contributed by atoms with E-state index in [0.717, 1.165) is 43.9 Å². The van der Waals surface area contributed by atoms with Crippen molar-refractivity contribution in [3.63, 3.8) is 0 Å². The van der Waals surface area contributed by atoms with E-state index in [2.05, 4.69) is 10.4 Å². The maximum Gasteiger partial charge on any atom is 0.227 e. The van der Waals surface area contributed by atoms with Gasteiger partial charge in [-0.05, 0) is 30.7 Å². The van der Waals surface area contributed by atoms with Crippen molar-refractivity contribution in [3.8, 4) is 5.69 Å². The summed E-state index contributed by atoms with van der Waals surface area (Å²) in [5.41, 5.74) is 1.97. The molecule has 0 spiro atoms. The fourth-order valence-electron chi connectivity index (χ4n) is 2.55. The quantitative estimate of drug-likeness (QED) is 0.922. The number of hydrogen-bond donors (Lipinski definition) is 1. The van der Waals surface area contributed by atoms with Gasteiger partial charge in [-0.15, -0.1) is 0 Å². The summed E-state index contributed by atoms with van der Waals surface area (Å²) in [6.07, 6.45) is 5.16. The highest BCUT2D eigenvalue weighted by atomic mass is 16.2. The van der Waals surface area contributed by atoms with Gasteiger partial charge >= 0.3 is 0 Å². The lowest BCUT2D eigenvalue weighted by Gasteiger charge is -2.19. The molecule has 5 heteroatoms. The van der Waals surface area contributed by atoms with Crippen LogP contribution in [0.4, 0.5) is 0 Å². The smallest absolute Gasteiger partial charge is 0.227 e. The Balaban J connectivity index is 1.65. The maximum atomic E-state index is 12.3. The van der Waals surface area contributed by atoms with Crippen LogP contribution in [-0.4, -0.2) is 46.8 Å². The van der Waals surface area contributed by atoms with Crippen molar-refractivity contribution in [2.24, 2.45) is 0 Å². The van der Waals surface area contributed by atoms with Crippen LogP contribution in [0.2, 0.25) is 0 Å². The Hall–Kier alpha value is -2.14. The molecular formula is C16H20N4O. The minimum atomic E-state index is 0.186. The summed E-state index contributed by atoms with van der Waals surface area (Å²) in [4.78, 5) is 14.3. The van der Waals surface area contributed by atoms with Gasteiger partial charge in [0.25, 0.3) is 0 Å². The van der Waals surface area contributed by atoms with Gasteiger partial charge in [-0.25, -0.2) is 4.68 Å². The molecule has 0 radical (unpaired) electrons. The van der Waals surface area contributed by atoms with E-state index in [9.17, 15) is 4.79 Å². The molecule has 1 aromatic heterocycles. The van der Waals surface area contributed by atoms with E-state index < -0.39 is 0 Å². The van der Waals surface area contributed by atoms with Crippen LogP contribution < -0.4 is 5.32 Å². The van der Waals surface area contributed by atoms with Crippen molar-refractivity contribution in [1.82, 2.24) is 20.0 Å². The van der Waals surface area contributed by atoms with Crippen molar-refractivity contribution in [2.45, 2.75) is 12.8 Å². The van der Waals surface area contributed by atoms with Gasteiger partial charge in [0.2, 0.25) is 5.91 Å². The zero-order valence-corrected chi connectivity index (χ0v) is 12.0. The van der Waals surface area contributed by atoms with Crippen LogP contribution in [0, 0.1) is 0 Å². The summed E-state index contributed by atoms with van der Waals surface area (Å²) in [5, 5.41) is 7.65. The van der Waals surface area contributed by atoms with E-state index >= 15 is 0 Å². The zero-order valence-electron chi connectivity index (χ0n) is 12.0. The molecule has 0 bridgehead atoms. The van der Waals surface area contributed by atoms with E-state index in [1.165, 1.54) is 0 Å². The minimum Gasteiger partial charge on any atom is -0.341 e. The van der Waals surface area contributed by atoms with E-state index in [4.69, 9.17) is 0 Å². The lowest BCUT2D eigenvalue weighted by Crippen LogP contribution is -2.35. The molecule has 1 aliphatic heterocycles. The minimum absolute atomic E-state index is 0.186. The van der Waals surface area contributed by atoms with Crippen LogP contribution >= 0.6 is 0 Å². The number of benzene rings is 1. The van der Waals surface area contributed by atoms with E-state index in [1.807, 2.05) is 46.1 Å². The standard InChI is InChI=1S/C16H20N4O/c21-16(19-9-4-7-17-8-10-19)11-14-12-18-20(13-14)15-5-2-1-3-6-15/h1-3,5-6,12-13,17H,4,7-11H2. The third-order valence-electron chi connectivity index (χ3n) is 3.70. The second-order valence-corrected chi connectivity index (χ2v) is 5.29.